The van der Waals surface area contributed by atoms with E-state index in [1.54, 1.807) is 18.2 Å². The number of hydrogen-bond donors (Lipinski definition) is 3. The van der Waals surface area contributed by atoms with Crippen LogP contribution >= 0.6 is 15.9 Å². The second kappa shape index (κ2) is 4.10. The summed E-state index contributed by atoms with van der Waals surface area (Å²) >= 11 is 3.24. The summed E-state index contributed by atoms with van der Waals surface area (Å²) in [5, 5.41) is 0. The lowest BCUT2D eigenvalue weighted by molar-refractivity contribution is -0.112. The van der Waals surface area contributed by atoms with Gasteiger partial charge in [0, 0.05) is 4.47 Å². The molecule has 14 heavy (non-hydrogen) atoms. The van der Waals surface area contributed by atoms with E-state index < -0.39 is 5.91 Å². The van der Waals surface area contributed by atoms with Crippen molar-refractivity contribution in [2.45, 2.75) is 0 Å². The van der Waals surface area contributed by atoms with Crippen LogP contribution in [0.15, 0.2) is 27.7 Å². The lowest BCUT2D eigenvalue weighted by Crippen LogP contribution is -2.30. The summed E-state index contributed by atoms with van der Waals surface area (Å²) < 4.78 is 0.794. The number of hydrogen-bond acceptors (Lipinski definition) is 3. The predicted octanol–water partition coefficient (Wildman–Crippen LogP) is 0.505. The third kappa shape index (κ3) is 2.46. The molecule has 6 heteroatoms. The van der Waals surface area contributed by atoms with E-state index in [1.807, 2.05) is 0 Å². The van der Waals surface area contributed by atoms with Gasteiger partial charge >= 0.3 is 0 Å². The van der Waals surface area contributed by atoms with Gasteiger partial charge < -0.3 is 17.2 Å². The summed E-state index contributed by atoms with van der Waals surface area (Å²) in [5.74, 6) is -1.04. The topological polar surface area (TPSA) is 107 Å². The largest absolute Gasteiger partial charge is 0.397 e. The van der Waals surface area contributed by atoms with Crippen molar-refractivity contribution in [3.05, 3.63) is 22.7 Å². The maximum Gasteiger partial charge on any atom is 0.283 e. The van der Waals surface area contributed by atoms with Gasteiger partial charge in [-0.1, -0.05) is 15.9 Å². The van der Waals surface area contributed by atoms with Crippen LogP contribution in [-0.2, 0) is 4.79 Å². The zero-order valence-electron chi connectivity index (χ0n) is 7.20. The molecule has 0 spiro atoms. The Hall–Kier alpha value is -1.56. The maximum atomic E-state index is 10.6. The number of nitrogens with zero attached hydrogens (tertiary/aromatic N) is 1. The van der Waals surface area contributed by atoms with Crippen molar-refractivity contribution in [2.75, 3.05) is 5.73 Å². The highest BCUT2D eigenvalue weighted by Gasteiger charge is 2.03. The number of carbonyl (C=O) groups excluding carboxylic acids is 1. The maximum absolute atomic E-state index is 10.6. The molecular formula is C8H9BrN4O. The van der Waals surface area contributed by atoms with Gasteiger partial charge in [0.25, 0.3) is 5.91 Å². The first kappa shape index (κ1) is 10.5. The Morgan fingerprint density at radius 2 is 2.00 bits per heavy atom. The minimum absolute atomic E-state index is 0.269. The van der Waals surface area contributed by atoms with Crippen LogP contribution in [0.3, 0.4) is 0 Å². The van der Waals surface area contributed by atoms with Crippen LogP contribution in [-0.4, -0.2) is 11.7 Å². The summed E-state index contributed by atoms with van der Waals surface area (Å²) in [7, 11) is 0. The fourth-order valence-electron chi connectivity index (χ4n) is 0.799. The second-order valence-electron chi connectivity index (χ2n) is 2.56. The van der Waals surface area contributed by atoms with E-state index in [9.17, 15) is 4.79 Å². The summed E-state index contributed by atoms with van der Waals surface area (Å²) in [4.78, 5) is 14.4. The molecule has 0 aliphatic carbocycles. The van der Waals surface area contributed by atoms with E-state index in [2.05, 4.69) is 20.9 Å². The molecule has 0 fully saturated rings. The zero-order chi connectivity index (χ0) is 10.7. The number of rotatable bonds is 1. The molecule has 0 bridgehead atoms. The van der Waals surface area contributed by atoms with Crippen molar-refractivity contribution >= 4 is 39.0 Å². The zero-order valence-corrected chi connectivity index (χ0v) is 8.78. The Kier molecular flexibility index (Phi) is 3.08. The van der Waals surface area contributed by atoms with E-state index in [0.717, 1.165) is 4.47 Å². The first-order chi connectivity index (χ1) is 6.50. The van der Waals surface area contributed by atoms with Gasteiger partial charge in [-0.2, -0.15) is 0 Å². The van der Waals surface area contributed by atoms with Crippen molar-refractivity contribution in [3.63, 3.8) is 0 Å². The van der Waals surface area contributed by atoms with Crippen LogP contribution in [0, 0.1) is 0 Å². The van der Waals surface area contributed by atoms with Crippen LogP contribution < -0.4 is 17.2 Å². The molecule has 1 amide bonds. The number of nitrogens with two attached hydrogens (primary N) is 3. The van der Waals surface area contributed by atoms with Crippen molar-refractivity contribution in [2.24, 2.45) is 16.5 Å². The molecule has 0 saturated carbocycles. The van der Waals surface area contributed by atoms with Crippen LogP contribution in [0.5, 0.6) is 0 Å². The fourth-order valence-corrected chi connectivity index (χ4v) is 1.15. The number of carbonyl (C=O) groups is 1. The molecule has 0 saturated heterocycles. The fraction of sp³-hybridized carbons (Fsp3) is 0. The Morgan fingerprint density at radius 1 is 1.36 bits per heavy atom. The molecule has 1 aromatic rings. The molecule has 1 rings (SSSR count). The Bertz CT molecular complexity index is 402. The number of aliphatic imine (C=N–C) groups is 1. The highest BCUT2D eigenvalue weighted by molar-refractivity contribution is 9.10. The van der Waals surface area contributed by atoms with Crippen LogP contribution in [0.25, 0.3) is 0 Å². The Balaban J connectivity index is 3.13. The summed E-state index contributed by atoms with van der Waals surface area (Å²) in [6.45, 7) is 0. The Labute approximate surface area is 89.1 Å². The molecular weight excluding hydrogens is 248 g/mol. The van der Waals surface area contributed by atoms with Gasteiger partial charge in [-0.25, -0.2) is 4.99 Å². The first-order valence-corrected chi connectivity index (χ1v) is 4.49. The average molecular weight is 257 g/mol. The lowest BCUT2D eigenvalue weighted by atomic mass is 10.3. The number of primary amides is 1. The van der Waals surface area contributed by atoms with Crippen molar-refractivity contribution in [1.82, 2.24) is 0 Å². The van der Waals surface area contributed by atoms with Crippen molar-refractivity contribution in [1.29, 1.82) is 0 Å². The SMILES string of the molecule is NC(=O)C(N)=Nc1cc(Br)ccc1N. The van der Waals surface area contributed by atoms with E-state index in [-0.39, 0.29) is 5.84 Å². The average Bonchev–Trinajstić information content (AvgIpc) is 2.11. The van der Waals surface area contributed by atoms with Gasteiger partial charge in [0.2, 0.25) is 0 Å². The monoisotopic (exact) mass is 256 g/mol. The van der Waals surface area contributed by atoms with E-state index in [1.165, 1.54) is 0 Å². The molecule has 1 aromatic carbocycles. The standard InChI is InChI=1S/C8H9BrN4O/c9-4-1-2-5(10)6(3-4)13-7(11)8(12)14/h1-3H,10H2,(H2,11,13)(H2,12,14). The molecule has 74 valence electrons. The number of amidine groups is 1. The van der Waals surface area contributed by atoms with Crippen molar-refractivity contribution < 1.29 is 4.79 Å². The van der Waals surface area contributed by atoms with Crippen LogP contribution in [0.1, 0.15) is 0 Å². The van der Waals surface area contributed by atoms with Gasteiger partial charge in [-0.3, -0.25) is 4.79 Å². The number of halogens is 1. The molecule has 5 nitrogen and oxygen atoms in total. The molecule has 0 aliphatic rings. The molecule has 0 aliphatic heterocycles. The Morgan fingerprint density at radius 3 is 2.57 bits per heavy atom. The van der Waals surface area contributed by atoms with Crippen LogP contribution in [0.4, 0.5) is 11.4 Å². The lowest BCUT2D eigenvalue weighted by Gasteiger charge is -2.01. The minimum atomic E-state index is -0.774. The smallest absolute Gasteiger partial charge is 0.283 e. The van der Waals surface area contributed by atoms with Crippen molar-refractivity contribution in [3.8, 4) is 0 Å². The number of benzene rings is 1. The summed E-state index contributed by atoms with van der Waals surface area (Å²) in [6.07, 6.45) is 0. The minimum Gasteiger partial charge on any atom is -0.397 e. The highest BCUT2D eigenvalue weighted by Crippen LogP contribution is 2.25. The highest BCUT2D eigenvalue weighted by atomic mass is 79.9. The van der Waals surface area contributed by atoms with Gasteiger partial charge in [-0.15, -0.1) is 0 Å². The molecule has 0 radical (unpaired) electrons. The molecule has 6 N–H and O–H groups in total. The number of amides is 1. The third-order valence-corrected chi connectivity index (χ3v) is 1.98. The molecule has 0 unspecified atom stereocenters. The number of anilines is 1. The third-order valence-electron chi connectivity index (χ3n) is 1.49. The first-order valence-electron chi connectivity index (χ1n) is 3.69. The van der Waals surface area contributed by atoms with Gasteiger partial charge in [-0.05, 0) is 18.2 Å². The quantitative estimate of drug-likeness (QED) is 0.387. The molecule has 0 heterocycles. The normalized spacial score (nSPS) is 11.4. The van der Waals surface area contributed by atoms with E-state index in [4.69, 9.17) is 17.2 Å². The predicted molar refractivity (Wildman–Crippen MR) is 59.0 cm³/mol. The van der Waals surface area contributed by atoms with Gasteiger partial charge in [0.05, 0.1) is 11.4 Å². The summed E-state index contributed by atoms with van der Waals surface area (Å²) in [6, 6.07) is 5.05. The summed E-state index contributed by atoms with van der Waals surface area (Å²) in [5.41, 5.74) is 16.6. The van der Waals surface area contributed by atoms with Crippen LogP contribution in [0.2, 0.25) is 0 Å². The number of nitrogen functional groups attached to an aromatic ring is 1. The van der Waals surface area contributed by atoms with E-state index in [0.29, 0.717) is 11.4 Å². The van der Waals surface area contributed by atoms with E-state index >= 15 is 0 Å². The second-order valence-corrected chi connectivity index (χ2v) is 3.48. The van der Waals surface area contributed by atoms with Gasteiger partial charge in [0.1, 0.15) is 0 Å². The van der Waals surface area contributed by atoms with Gasteiger partial charge in [0.15, 0.2) is 5.84 Å². The molecule has 0 aromatic heterocycles. The molecule has 0 atom stereocenters.